The maximum absolute atomic E-state index is 12.6. The van der Waals surface area contributed by atoms with E-state index < -0.39 is 5.25 Å². The molecule has 1 aromatic carbocycles. The molecule has 3 rings (SSSR count). The summed E-state index contributed by atoms with van der Waals surface area (Å²) in [5.74, 6) is 0.441. The number of allylic oxidation sites excluding steroid dienone is 1. The van der Waals surface area contributed by atoms with Gasteiger partial charge in [0, 0.05) is 22.0 Å². The number of amides is 1. The summed E-state index contributed by atoms with van der Waals surface area (Å²) >= 11 is 15.1. The van der Waals surface area contributed by atoms with E-state index in [-0.39, 0.29) is 5.91 Å². The Hall–Kier alpha value is -1.87. The van der Waals surface area contributed by atoms with Crippen molar-refractivity contribution in [3.63, 3.8) is 0 Å². The van der Waals surface area contributed by atoms with Gasteiger partial charge in [-0.25, -0.2) is 4.98 Å². The van der Waals surface area contributed by atoms with Gasteiger partial charge >= 0.3 is 0 Å². The van der Waals surface area contributed by atoms with E-state index in [0.29, 0.717) is 38.3 Å². The fraction of sp³-hybridized carbons (Fsp3) is 0.263. The Morgan fingerprint density at radius 3 is 2.76 bits per heavy atom. The normalized spacial score (nSPS) is 12.0. The van der Waals surface area contributed by atoms with Gasteiger partial charge in [0.1, 0.15) is 0 Å². The zero-order valence-corrected chi connectivity index (χ0v) is 19.2. The Morgan fingerprint density at radius 1 is 1.38 bits per heavy atom. The highest BCUT2D eigenvalue weighted by Crippen LogP contribution is 2.33. The first-order valence-electron chi connectivity index (χ1n) is 8.71. The highest BCUT2D eigenvalue weighted by molar-refractivity contribution is 8.00. The molecule has 0 spiro atoms. The minimum Gasteiger partial charge on any atom is -0.301 e. The number of carbonyl (C=O) groups is 1. The van der Waals surface area contributed by atoms with Crippen LogP contribution in [0.4, 0.5) is 5.13 Å². The molecule has 10 heteroatoms. The summed E-state index contributed by atoms with van der Waals surface area (Å²) in [5.41, 5.74) is 1.63. The maximum Gasteiger partial charge on any atom is 0.239 e. The number of rotatable bonds is 7. The fourth-order valence-electron chi connectivity index (χ4n) is 2.48. The molecular formula is C19H19Cl2N5OS2. The molecule has 0 aliphatic rings. The van der Waals surface area contributed by atoms with E-state index >= 15 is 0 Å². The van der Waals surface area contributed by atoms with E-state index in [0.717, 1.165) is 10.6 Å². The van der Waals surface area contributed by atoms with Crippen molar-refractivity contribution in [3.05, 3.63) is 51.5 Å². The lowest BCUT2D eigenvalue weighted by Gasteiger charge is -2.12. The average Bonchev–Trinajstić information content (AvgIpc) is 3.18. The number of anilines is 1. The number of aryl methyl sites for hydroxylation is 2. The lowest BCUT2D eigenvalue weighted by Crippen LogP contribution is -2.22. The Bertz CT molecular complexity index is 1040. The van der Waals surface area contributed by atoms with Crippen LogP contribution in [-0.4, -0.2) is 30.9 Å². The predicted molar refractivity (Wildman–Crippen MR) is 121 cm³/mol. The van der Waals surface area contributed by atoms with Crippen LogP contribution in [0.2, 0.25) is 10.0 Å². The topological polar surface area (TPSA) is 72.7 Å². The summed E-state index contributed by atoms with van der Waals surface area (Å²) in [4.78, 5) is 18.0. The number of hydrogen-bond donors (Lipinski definition) is 1. The first kappa shape index (κ1) is 21.8. The third-order valence-corrected chi connectivity index (χ3v) is 6.73. The number of halogens is 2. The van der Waals surface area contributed by atoms with E-state index in [2.05, 4.69) is 27.1 Å². The summed E-state index contributed by atoms with van der Waals surface area (Å²) in [6.07, 6.45) is 1.74. The zero-order valence-electron chi connectivity index (χ0n) is 16.1. The van der Waals surface area contributed by atoms with E-state index in [1.807, 2.05) is 25.3 Å². The first-order chi connectivity index (χ1) is 13.8. The molecule has 2 aromatic heterocycles. The monoisotopic (exact) mass is 467 g/mol. The lowest BCUT2D eigenvalue weighted by atomic mass is 10.2. The number of thiazole rings is 1. The molecule has 1 unspecified atom stereocenters. The molecule has 6 nitrogen and oxygen atoms in total. The van der Waals surface area contributed by atoms with Crippen LogP contribution in [0.5, 0.6) is 0 Å². The molecule has 29 heavy (non-hydrogen) atoms. The van der Waals surface area contributed by atoms with Gasteiger partial charge in [0.05, 0.1) is 16.0 Å². The highest BCUT2D eigenvalue weighted by atomic mass is 35.5. The minimum absolute atomic E-state index is 0.150. The van der Waals surface area contributed by atoms with Gasteiger partial charge in [-0.1, -0.05) is 41.0 Å². The number of aromatic nitrogens is 4. The molecule has 1 N–H and O–H groups in total. The molecule has 1 atom stereocenters. The molecular weight excluding hydrogens is 449 g/mol. The molecule has 3 aromatic rings. The molecule has 0 bridgehead atoms. The maximum atomic E-state index is 12.6. The number of nitrogens with one attached hydrogen (secondary N) is 1. The van der Waals surface area contributed by atoms with Crippen LogP contribution >= 0.6 is 46.3 Å². The quantitative estimate of drug-likeness (QED) is 0.359. The lowest BCUT2D eigenvalue weighted by molar-refractivity contribution is -0.115. The highest BCUT2D eigenvalue weighted by Gasteiger charge is 2.22. The molecule has 0 fully saturated rings. The van der Waals surface area contributed by atoms with Crippen LogP contribution in [0.15, 0.2) is 36.0 Å². The summed E-state index contributed by atoms with van der Waals surface area (Å²) in [6, 6.07) is 5.20. The Balaban J connectivity index is 1.82. The third-order valence-electron chi connectivity index (χ3n) is 4.11. The number of benzene rings is 1. The van der Waals surface area contributed by atoms with Crippen LogP contribution in [0, 0.1) is 13.8 Å². The molecule has 0 saturated carbocycles. The standard InChI is InChI=1S/C19H19Cl2N5OS2/c1-5-8-26-16(14-7-6-13(20)9-15(14)21)24-25-19(26)29-12(4)17(27)23-18-22-10(2)11(3)28-18/h5-7,9,12H,1,8H2,2-4H3,(H,22,23,27). The van der Waals surface area contributed by atoms with Crippen molar-refractivity contribution in [2.24, 2.45) is 0 Å². The first-order valence-corrected chi connectivity index (χ1v) is 11.2. The second kappa shape index (κ2) is 9.30. The number of hydrogen-bond acceptors (Lipinski definition) is 6. The van der Waals surface area contributed by atoms with Crippen molar-refractivity contribution in [1.82, 2.24) is 19.7 Å². The van der Waals surface area contributed by atoms with Crippen LogP contribution in [-0.2, 0) is 11.3 Å². The van der Waals surface area contributed by atoms with Crippen molar-refractivity contribution in [2.45, 2.75) is 37.7 Å². The zero-order chi connectivity index (χ0) is 21.1. The molecule has 1 amide bonds. The number of thioether (sulfide) groups is 1. The second-order valence-electron chi connectivity index (χ2n) is 6.24. The smallest absolute Gasteiger partial charge is 0.239 e. The Labute approximate surface area is 187 Å². The molecule has 152 valence electrons. The minimum atomic E-state index is -0.402. The van der Waals surface area contributed by atoms with E-state index in [4.69, 9.17) is 23.2 Å². The van der Waals surface area contributed by atoms with Gasteiger partial charge < -0.3 is 5.32 Å². The van der Waals surface area contributed by atoms with E-state index in [1.165, 1.54) is 23.1 Å². The summed E-state index contributed by atoms with van der Waals surface area (Å²) in [5, 5.41) is 13.2. The van der Waals surface area contributed by atoms with Gasteiger partial charge in [0.15, 0.2) is 16.1 Å². The van der Waals surface area contributed by atoms with Gasteiger partial charge in [0.25, 0.3) is 0 Å². The van der Waals surface area contributed by atoms with Crippen LogP contribution in [0.3, 0.4) is 0 Å². The molecule has 0 aliphatic heterocycles. The van der Waals surface area contributed by atoms with Crippen molar-refractivity contribution >= 4 is 57.3 Å². The van der Waals surface area contributed by atoms with Crippen molar-refractivity contribution < 1.29 is 4.79 Å². The van der Waals surface area contributed by atoms with Crippen molar-refractivity contribution in [2.75, 3.05) is 5.32 Å². The summed E-state index contributed by atoms with van der Waals surface area (Å²) in [7, 11) is 0. The number of nitrogens with zero attached hydrogens (tertiary/aromatic N) is 4. The third kappa shape index (κ3) is 5.01. The number of carbonyl (C=O) groups excluding carboxylic acids is 1. The van der Waals surface area contributed by atoms with Crippen LogP contribution < -0.4 is 5.32 Å². The molecule has 0 aliphatic carbocycles. The molecule has 0 saturated heterocycles. The van der Waals surface area contributed by atoms with Crippen LogP contribution in [0.1, 0.15) is 17.5 Å². The van der Waals surface area contributed by atoms with Gasteiger partial charge in [-0.15, -0.1) is 28.1 Å². The van der Waals surface area contributed by atoms with Crippen molar-refractivity contribution in [3.8, 4) is 11.4 Å². The molecule has 0 radical (unpaired) electrons. The summed E-state index contributed by atoms with van der Waals surface area (Å²) in [6.45, 7) is 9.98. The fourth-order valence-corrected chi connectivity index (χ4v) is 4.65. The molecule has 2 heterocycles. The van der Waals surface area contributed by atoms with E-state index in [1.54, 1.807) is 24.3 Å². The van der Waals surface area contributed by atoms with Crippen molar-refractivity contribution in [1.29, 1.82) is 0 Å². The SMILES string of the molecule is C=CCn1c(SC(C)C(=O)Nc2nc(C)c(C)s2)nnc1-c1ccc(Cl)cc1Cl. The van der Waals surface area contributed by atoms with Crippen LogP contribution in [0.25, 0.3) is 11.4 Å². The Kier molecular flexibility index (Phi) is 7.00. The van der Waals surface area contributed by atoms with Gasteiger partial charge in [-0.2, -0.15) is 0 Å². The predicted octanol–water partition coefficient (Wildman–Crippen LogP) is 5.63. The van der Waals surface area contributed by atoms with E-state index in [9.17, 15) is 4.79 Å². The summed E-state index contributed by atoms with van der Waals surface area (Å²) < 4.78 is 1.87. The largest absolute Gasteiger partial charge is 0.301 e. The van der Waals surface area contributed by atoms with Gasteiger partial charge in [-0.3, -0.25) is 9.36 Å². The average molecular weight is 468 g/mol. The van der Waals surface area contributed by atoms with Gasteiger partial charge in [-0.05, 0) is 39.0 Å². The Morgan fingerprint density at radius 2 is 2.14 bits per heavy atom. The second-order valence-corrected chi connectivity index (χ2v) is 9.59. The van der Waals surface area contributed by atoms with Gasteiger partial charge in [0.2, 0.25) is 5.91 Å².